The highest BCUT2D eigenvalue weighted by Gasteiger charge is 2.39. The zero-order valence-corrected chi connectivity index (χ0v) is 6.74. The molecule has 0 bridgehead atoms. The Morgan fingerprint density at radius 3 is 1.67 bits per heavy atom. The van der Waals surface area contributed by atoms with E-state index < -0.39 is 15.6 Å². The molecular formula is C6H7F4NS. The maximum absolute atomic E-state index is 12.0. The number of nitrogen functional groups attached to an aromatic ring is 1. The van der Waals surface area contributed by atoms with Gasteiger partial charge < -0.3 is 5.73 Å². The second-order valence-electron chi connectivity index (χ2n) is 2.31. The molecule has 0 spiro atoms. The van der Waals surface area contributed by atoms with Crippen LogP contribution >= 0.6 is 10.7 Å². The third kappa shape index (κ3) is 2.04. The summed E-state index contributed by atoms with van der Waals surface area (Å²) in [6, 6.07) is 3.34. The molecule has 0 heterocycles. The number of hydrogen-bond acceptors (Lipinski definition) is 1. The van der Waals surface area contributed by atoms with Gasteiger partial charge in [0.05, 0.1) is 4.90 Å². The van der Waals surface area contributed by atoms with Crippen LogP contribution in [0.5, 0.6) is 0 Å². The van der Waals surface area contributed by atoms with E-state index >= 15 is 0 Å². The minimum absolute atomic E-state index is 0.180. The van der Waals surface area contributed by atoms with Crippen molar-refractivity contribution in [2.45, 2.75) is 4.90 Å². The molecule has 0 unspecified atom stereocenters. The number of hydrogen-bond donors (Lipinski definition) is 2. The van der Waals surface area contributed by atoms with Crippen molar-refractivity contribution < 1.29 is 15.5 Å². The highest BCUT2D eigenvalue weighted by atomic mass is 32.4. The summed E-state index contributed by atoms with van der Waals surface area (Å²) in [6.45, 7) is 0. The molecule has 0 amide bonds. The lowest BCUT2D eigenvalue weighted by atomic mass is 10.3. The van der Waals surface area contributed by atoms with E-state index in [1.54, 1.807) is 0 Å². The summed E-state index contributed by atoms with van der Waals surface area (Å²) < 4.78 is 48.1. The number of benzene rings is 1. The van der Waals surface area contributed by atoms with Gasteiger partial charge in [-0.25, -0.2) is 0 Å². The topological polar surface area (TPSA) is 26.0 Å². The molecule has 0 saturated heterocycles. The number of anilines is 1. The maximum atomic E-state index is 12.0. The Bertz CT molecular complexity index is 279. The van der Waals surface area contributed by atoms with Crippen LogP contribution in [0.1, 0.15) is 0 Å². The van der Waals surface area contributed by atoms with Crippen molar-refractivity contribution in [3.05, 3.63) is 24.3 Å². The van der Waals surface area contributed by atoms with E-state index in [0.29, 0.717) is 12.1 Å². The monoisotopic (exact) mass is 201 g/mol. The van der Waals surface area contributed by atoms with E-state index in [1.165, 1.54) is 0 Å². The Labute approximate surface area is 67.6 Å². The van der Waals surface area contributed by atoms with Gasteiger partial charge in [-0.3, -0.25) is 0 Å². The molecule has 1 aromatic rings. The molecular weight excluding hydrogens is 194 g/mol. The molecule has 0 aliphatic heterocycles. The van der Waals surface area contributed by atoms with Gasteiger partial charge in [-0.2, -0.15) is 0 Å². The highest BCUT2D eigenvalue weighted by Crippen LogP contribution is 2.81. The smallest absolute Gasteiger partial charge is 0.179 e. The van der Waals surface area contributed by atoms with E-state index in [-0.39, 0.29) is 5.69 Å². The van der Waals surface area contributed by atoms with Crippen LogP contribution in [-0.2, 0) is 0 Å². The maximum Gasteiger partial charge on any atom is 0.179 e. The summed E-state index contributed by atoms with van der Waals surface area (Å²) in [7, 11) is -7.57. The molecule has 0 radical (unpaired) electrons. The summed E-state index contributed by atoms with van der Waals surface area (Å²) in [5.74, 6) is 0. The molecule has 1 nitrogen and oxygen atoms in total. The zero-order valence-electron chi connectivity index (χ0n) is 5.85. The molecule has 12 heavy (non-hydrogen) atoms. The van der Waals surface area contributed by atoms with Crippen LogP contribution in [0.15, 0.2) is 29.2 Å². The van der Waals surface area contributed by atoms with Crippen molar-refractivity contribution in [1.29, 1.82) is 0 Å². The fourth-order valence-electron chi connectivity index (χ4n) is 0.700. The molecule has 0 aliphatic carbocycles. The normalized spacial score (nSPS) is 15.2. The molecule has 1 aromatic carbocycles. The Kier molecular flexibility index (Phi) is 1.75. The number of thiol groups is 1. The molecule has 0 saturated carbocycles. The van der Waals surface area contributed by atoms with Gasteiger partial charge in [-0.1, -0.05) is 0 Å². The van der Waals surface area contributed by atoms with Gasteiger partial charge in [0.2, 0.25) is 0 Å². The minimum Gasteiger partial charge on any atom is -0.399 e. The Balaban J connectivity index is 3.15. The van der Waals surface area contributed by atoms with Crippen molar-refractivity contribution in [2.75, 3.05) is 5.73 Å². The van der Waals surface area contributed by atoms with Crippen LogP contribution in [0.25, 0.3) is 0 Å². The summed E-state index contributed by atoms with van der Waals surface area (Å²) in [5.41, 5.74) is 5.32. The first kappa shape index (κ1) is 9.18. The second kappa shape index (κ2) is 2.29. The number of nitrogens with two attached hydrogens (primary N) is 1. The summed E-state index contributed by atoms with van der Waals surface area (Å²) in [5, 5.41) is 0. The van der Waals surface area contributed by atoms with Gasteiger partial charge in [0, 0.05) is 5.69 Å². The molecule has 0 aromatic heterocycles. The fourth-order valence-corrected chi connectivity index (χ4v) is 1.30. The fraction of sp³-hybridized carbons (Fsp3) is 0. The Morgan fingerprint density at radius 1 is 0.917 bits per heavy atom. The molecule has 1 rings (SSSR count). The van der Waals surface area contributed by atoms with Crippen molar-refractivity contribution >= 4 is 16.4 Å². The molecule has 0 atom stereocenters. The van der Waals surface area contributed by atoms with Crippen LogP contribution in [-0.4, -0.2) is 0 Å². The SMILES string of the molecule is Nc1ccc([SH](F)(F)(F)F)cc1. The van der Waals surface area contributed by atoms with Crippen molar-refractivity contribution in [3.63, 3.8) is 0 Å². The van der Waals surface area contributed by atoms with Gasteiger partial charge in [-0.15, -0.1) is 15.5 Å². The summed E-state index contributed by atoms with van der Waals surface area (Å²) >= 11 is 0. The highest BCUT2D eigenvalue weighted by molar-refractivity contribution is 8.33. The van der Waals surface area contributed by atoms with Gasteiger partial charge in [0.1, 0.15) is 0 Å². The molecule has 2 N–H and O–H groups in total. The predicted molar refractivity (Wildman–Crippen MR) is 42.5 cm³/mol. The van der Waals surface area contributed by atoms with Crippen molar-refractivity contribution in [3.8, 4) is 0 Å². The summed E-state index contributed by atoms with van der Waals surface area (Å²) in [6.07, 6.45) is 0. The third-order valence-corrected chi connectivity index (χ3v) is 2.36. The van der Waals surface area contributed by atoms with E-state index in [9.17, 15) is 15.5 Å². The first-order chi connectivity index (χ1) is 5.26. The number of rotatable bonds is 1. The standard InChI is InChI=1S/C6H7F4NS/c7-12(8,9,10)6-3-1-5(11)2-4-6/h1-4,12H,11H2. The van der Waals surface area contributed by atoms with E-state index in [4.69, 9.17) is 5.73 Å². The predicted octanol–water partition coefficient (Wildman–Crippen LogP) is 3.24. The lowest BCUT2D eigenvalue weighted by molar-refractivity contribution is 0.495. The lowest BCUT2D eigenvalue weighted by Crippen LogP contribution is -1.92. The van der Waals surface area contributed by atoms with Gasteiger partial charge >= 0.3 is 0 Å². The molecule has 0 aliphatic rings. The molecule has 6 heteroatoms. The average molecular weight is 201 g/mol. The van der Waals surface area contributed by atoms with Gasteiger partial charge in [0.15, 0.2) is 10.7 Å². The van der Waals surface area contributed by atoms with Crippen LogP contribution in [0.4, 0.5) is 21.2 Å². The third-order valence-electron chi connectivity index (χ3n) is 1.28. The van der Waals surface area contributed by atoms with Crippen LogP contribution in [0.2, 0.25) is 0 Å². The van der Waals surface area contributed by atoms with E-state index in [2.05, 4.69) is 0 Å². The quantitative estimate of drug-likeness (QED) is 0.407. The minimum atomic E-state index is -7.57. The largest absolute Gasteiger partial charge is 0.399 e. The van der Waals surface area contributed by atoms with Crippen LogP contribution in [0, 0.1) is 0 Å². The first-order valence-corrected chi connectivity index (χ1v) is 4.81. The van der Waals surface area contributed by atoms with Crippen LogP contribution < -0.4 is 5.73 Å². The molecule has 0 fully saturated rings. The van der Waals surface area contributed by atoms with Crippen LogP contribution in [0.3, 0.4) is 0 Å². The lowest BCUT2D eigenvalue weighted by Gasteiger charge is -2.28. The number of halogens is 4. The van der Waals surface area contributed by atoms with E-state index in [1.807, 2.05) is 0 Å². The van der Waals surface area contributed by atoms with Gasteiger partial charge in [-0.05, 0) is 24.3 Å². The van der Waals surface area contributed by atoms with E-state index in [0.717, 1.165) is 12.1 Å². The van der Waals surface area contributed by atoms with Crippen molar-refractivity contribution in [2.24, 2.45) is 0 Å². The van der Waals surface area contributed by atoms with Gasteiger partial charge in [0.25, 0.3) is 0 Å². The van der Waals surface area contributed by atoms with Crippen molar-refractivity contribution in [1.82, 2.24) is 0 Å². The second-order valence-corrected chi connectivity index (χ2v) is 4.27. The first-order valence-electron chi connectivity index (χ1n) is 3.01. The molecule has 70 valence electrons. The summed E-state index contributed by atoms with van der Waals surface area (Å²) in [4.78, 5) is -1.23. The zero-order chi connectivity index (χ0) is 9.43. The Hall–Kier alpha value is -0.910. The Morgan fingerprint density at radius 2 is 1.33 bits per heavy atom. The average Bonchev–Trinajstić information content (AvgIpc) is 1.84.